The normalized spacial score (nSPS) is 13.7. The van der Waals surface area contributed by atoms with Gasteiger partial charge in [-0.2, -0.15) is 5.10 Å². The van der Waals surface area contributed by atoms with E-state index in [2.05, 4.69) is 50.6 Å². The number of halogens is 1. The highest BCUT2D eigenvalue weighted by atomic mass is 79.9. The van der Waals surface area contributed by atoms with Gasteiger partial charge >= 0.3 is 0 Å². The number of ketones is 2. The number of aromatic nitrogens is 1. The van der Waals surface area contributed by atoms with E-state index in [1.807, 2.05) is 24.3 Å². The molecule has 0 unspecified atom stereocenters. The van der Waals surface area contributed by atoms with Crippen LogP contribution >= 0.6 is 28.1 Å². The monoisotopic (exact) mass is 484 g/mol. The number of Topliss-reactive ketones (excluding diaryl/α,β-unsaturated/α-hetero) is 2. The molecule has 1 aliphatic carbocycles. The molecule has 0 fully saturated rings. The minimum absolute atomic E-state index is 0.0159. The van der Waals surface area contributed by atoms with E-state index in [1.54, 1.807) is 12.1 Å². The number of allylic oxidation sites excluding steroid dienone is 2. The Morgan fingerprint density at radius 1 is 1.17 bits per heavy atom. The summed E-state index contributed by atoms with van der Waals surface area (Å²) in [5.74, 6) is -0.586. The molecule has 0 atom stereocenters. The van der Waals surface area contributed by atoms with Crippen molar-refractivity contribution in [2.45, 2.75) is 32.6 Å². The molecule has 0 aliphatic heterocycles. The number of carbonyl (C=O) groups is 2. The molecule has 0 bridgehead atoms. The molecule has 8 heteroatoms. The van der Waals surface area contributed by atoms with Gasteiger partial charge in [-0.3, -0.25) is 15.0 Å². The Morgan fingerprint density at radius 2 is 1.90 bits per heavy atom. The lowest BCUT2D eigenvalue weighted by Gasteiger charge is -2.18. The molecule has 1 aromatic heterocycles. The van der Waals surface area contributed by atoms with Crippen LogP contribution in [0, 0.1) is 0 Å². The van der Waals surface area contributed by atoms with Crippen molar-refractivity contribution in [3.05, 3.63) is 69.0 Å². The van der Waals surface area contributed by atoms with E-state index >= 15 is 0 Å². The van der Waals surface area contributed by atoms with Crippen LogP contribution in [0.5, 0.6) is 0 Å². The van der Waals surface area contributed by atoms with Crippen molar-refractivity contribution < 1.29 is 9.59 Å². The molecular weight excluding hydrogens is 464 g/mol. The van der Waals surface area contributed by atoms with Crippen LogP contribution in [0.1, 0.15) is 63.9 Å². The third kappa shape index (κ3) is 4.88. The third-order valence-electron chi connectivity index (χ3n) is 4.71. The van der Waals surface area contributed by atoms with Crippen LogP contribution in [0.25, 0.3) is 5.57 Å². The topological polar surface area (TPSA) is 97.4 Å². The molecule has 2 aromatic rings. The average molecular weight is 485 g/mol. The summed E-state index contributed by atoms with van der Waals surface area (Å²) in [6, 6.07) is 11.0. The summed E-state index contributed by atoms with van der Waals surface area (Å²) in [7, 11) is 0. The number of fused-ring (bicyclic) bond motifs is 1. The van der Waals surface area contributed by atoms with E-state index in [0.29, 0.717) is 16.8 Å². The molecular formula is C22H21BrN4O2S. The zero-order valence-electron chi connectivity index (χ0n) is 16.4. The first-order valence-corrected chi connectivity index (χ1v) is 10.8. The van der Waals surface area contributed by atoms with Gasteiger partial charge in [0.2, 0.25) is 5.78 Å². The SMILES string of the molecule is CCCCCc1ccc(C2=C(Br)C(=O)c3nc(/C=N/NC(N)=S)ccc3C2=O)cc1. The van der Waals surface area contributed by atoms with Gasteiger partial charge in [0.15, 0.2) is 10.9 Å². The zero-order valence-corrected chi connectivity index (χ0v) is 18.8. The largest absolute Gasteiger partial charge is 0.375 e. The molecule has 6 nitrogen and oxygen atoms in total. The number of rotatable bonds is 7. The maximum atomic E-state index is 13.1. The number of hydrazone groups is 1. The van der Waals surface area contributed by atoms with Crippen LogP contribution in [0.2, 0.25) is 0 Å². The van der Waals surface area contributed by atoms with Crippen LogP contribution in [0.15, 0.2) is 46.0 Å². The van der Waals surface area contributed by atoms with Crippen molar-refractivity contribution in [3.8, 4) is 0 Å². The molecule has 1 aromatic carbocycles. The third-order valence-corrected chi connectivity index (χ3v) is 5.55. The van der Waals surface area contributed by atoms with Crippen molar-refractivity contribution in [1.29, 1.82) is 0 Å². The van der Waals surface area contributed by atoms with Crippen molar-refractivity contribution in [3.63, 3.8) is 0 Å². The standard InChI is InChI=1S/C22H21BrN4O2S/c1-2-3-4-5-13-6-8-14(9-7-13)17-18(23)21(29)19-16(20(17)28)11-10-15(26-19)12-25-27-22(24)30/h6-12H,2-5H2,1H3,(H3,24,27,30)/b25-12+. The Kier molecular flexibility index (Phi) is 7.23. The summed E-state index contributed by atoms with van der Waals surface area (Å²) in [5, 5.41) is 3.84. The summed E-state index contributed by atoms with van der Waals surface area (Å²) in [4.78, 5) is 30.3. The van der Waals surface area contributed by atoms with E-state index in [-0.39, 0.29) is 32.4 Å². The molecule has 1 heterocycles. The van der Waals surface area contributed by atoms with Gasteiger partial charge in [-0.25, -0.2) is 4.98 Å². The van der Waals surface area contributed by atoms with E-state index < -0.39 is 0 Å². The Bertz CT molecular complexity index is 1060. The molecule has 0 spiro atoms. The first kappa shape index (κ1) is 22.0. The lowest BCUT2D eigenvalue weighted by molar-refractivity contribution is 0.0995. The molecule has 3 rings (SSSR count). The van der Waals surface area contributed by atoms with Crippen LogP contribution in [-0.2, 0) is 6.42 Å². The van der Waals surface area contributed by atoms with Crippen LogP contribution in [0.4, 0.5) is 0 Å². The van der Waals surface area contributed by atoms with E-state index in [1.165, 1.54) is 24.6 Å². The second kappa shape index (κ2) is 9.86. The maximum Gasteiger partial charge on any atom is 0.219 e. The van der Waals surface area contributed by atoms with E-state index in [4.69, 9.17) is 5.73 Å². The number of unbranched alkanes of at least 4 members (excludes halogenated alkanes) is 2. The fraction of sp³-hybridized carbons (Fsp3) is 0.227. The number of thiocarbonyl (C=S) groups is 1. The Balaban J connectivity index is 1.88. The number of aryl methyl sites for hydroxylation is 1. The Labute approximate surface area is 188 Å². The molecule has 154 valence electrons. The highest BCUT2D eigenvalue weighted by Gasteiger charge is 2.33. The Morgan fingerprint density at radius 3 is 2.57 bits per heavy atom. The average Bonchev–Trinajstić information content (AvgIpc) is 2.73. The second-order valence-corrected chi connectivity index (χ2v) is 8.10. The zero-order chi connectivity index (χ0) is 21.7. The molecule has 1 aliphatic rings. The second-order valence-electron chi connectivity index (χ2n) is 6.87. The van der Waals surface area contributed by atoms with Gasteiger partial charge in [-0.1, -0.05) is 44.0 Å². The minimum atomic E-state index is -0.343. The molecule has 3 N–H and O–H groups in total. The van der Waals surface area contributed by atoms with E-state index in [0.717, 1.165) is 12.8 Å². The van der Waals surface area contributed by atoms with Gasteiger partial charge in [0.1, 0.15) is 5.69 Å². The predicted molar refractivity (Wildman–Crippen MR) is 126 cm³/mol. The fourth-order valence-corrected chi connectivity index (χ4v) is 3.84. The maximum absolute atomic E-state index is 13.1. The summed E-state index contributed by atoms with van der Waals surface area (Å²) in [6.45, 7) is 2.17. The molecule has 0 saturated carbocycles. The van der Waals surface area contributed by atoms with Crippen molar-refractivity contribution in [2.75, 3.05) is 0 Å². The van der Waals surface area contributed by atoms with E-state index in [9.17, 15) is 9.59 Å². The molecule has 0 amide bonds. The molecule has 0 saturated heterocycles. The summed E-state index contributed by atoms with van der Waals surface area (Å²) in [6.07, 6.45) is 5.88. The van der Waals surface area contributed by atoms with Crippen molar-refractivity contribution in [1.82, 2.24) is 10.4 Å². The predicted octanol–water partition coefficient (Wildman–Crippen LogP) is 4.17. The molecule has 0 radical (unpaired) electrons. The van der Waals surface area contributed by atoms with Crippen LogP contribution in [-0.4, -0.2) is 27.9 Å². The quantitative estimate of drug-likeness (QED) is 0.265. The first-order chi connectivity index (χ1) is 14.4. The smallest absolute Gasteiger partial charge is 0.219 e. The van der Waals surface area contributed by atoms with Gasteiger partial charge in [-0.05, 0) is 64.2 Å². The van der Waals surface area contributed by atoms with Crippen LogP contribution in [0.3, 0.4) is 0 Å². The lowest BCUT2D eigenvalue weighted by Crippen LogP contribution is -2.24. The number of benzene rings is 1. The van der Waals surface area contributed by atoms with Gasteiger partial charge in [0.05, 0.1) is 22.0 Å². The number of pyridine rings is 1. The highest BCUT2D eigenvalue weighted by Crippen LogP contribution is 2.34. The van der Waals surface area contributed by atoms with Crippen molar-refractivity contribution >= 4 is 56.6 Å². The highest BCUT2D eigenvalue weighted by molar-refractivity contribution is 9.12. The van der Waals surface area contributed by atoms with Gasteiger partial charge < -0.3 is 5.73 Å². The van der Waals surface area contributed by atoms with Gasteiger partial charge in [0, 0.05) is 5.57 Å². The summed E-state index contributed by atoms with van der Waals surface area (Å²) < 4.78 is 0.210. The minimum Gasteiger partial charge on any atom is -0.375 e. The summed E-state index contributed by atoms with van der Waals surface area (Å²) >= 11 is 8.00. The number of hydrogen-bond donors (Lipinski definition) is 2. The van der Waals surface area contributed by atoms with Gasteiger partial charge in [0.25, 0.3) is 0 Å². The van der Waals surface area contributed by atoms with Gasteiger partial charge in [-0.15, -0.1) is 0 Å². The van der Waals surface area contributed by atoms with Crippen LogP contribution < -0.4 is 11.2 Å². The number of nitrogens with one attached hydrogen (secondary N) is 1. The summed E-state index contributed by atoms with van der Waals surface area (Å²) in [5.41, 5.74) is 10.8. The fourth-order valence-electron chi connectivity index (χ4n) is 3.19. The molecule has 30 heavy (non-hydrogen) atoms. The first-order valence-electron chi connectivity index (χ1n) is 9.60. The number of carbonyl (C=O) groups excluding carboxylic acids is 2. The Hall–Kier alpha value is -2.71. The number of hydrogen-bond acceptors (Lipinski definition) is 5. The van der Waals surface area contributed by atoms with Crippen molar-refractivity contribution in [2.24, 2.45) is 10.8 Å². The lowest BCUT2D eigenvalue weighted by atomic mass is 9.88. The number of nitrogens with two attached hydrogens (primary N) is 1. The number of nitrogens with zero attached hydrogens (tertiary/aromatic N) is 2.